The molecule has 0 aromatic carbocycles. The third kappa shape index (κ3) is 5.45. The van der Waals surface area contributed by atoms with Crippen LogP contribution in [-0.4, -0.2) is 41.8 Å². The number of nitrogens with one attached hydrogen (secondary N) is 1. The van der Waals surface area contributed by atoms with Crippen molar-refractivity contribution in [2.24, 2.45) is 5.92 Å². The van der Waals surface area contributed by atoms with E-state index in [4.69, 9.17) is 4.74 Å². The van der Waals surface area contributed by atoms with Crippen LogP contribution >= 0.6 is 0 Å². The average molecular weight is 310 g/mol. The second-order valence-electron chi connectivity index (χ2n) is 8.16. The summed E-state index contributed by atoms with van der Waals surface area (Å²) in [7, 11) is 0. The molecule has 0 radical (unpaired) electrons. The van der Waals surface area contributed by atoms with Gasteiger partial charge in [0.2, 0.25) is 0 Å². The summed E-state index contributed by atoms with van der Waals surface area (Å²) in [6, 6.07) is 0.808. The Morgan fingerprint density at radius 1 is 1.18 bits per heavy atom. The molecule has 1 heterocycles. The SMILES string of the molecule is CC1CC(NCC2CCCCC2)CCN1C(=O)OC(C)(C)C. The van der Waals surface area contributed by atoms with E-state index >= 15 is 0 Å². The summed E-state index contributed by atoms with van der Waals surface area (Å²) in [5, 5.41) is 3.75. The first-order valence-corrected chi connectivity index (χ1v) is 9.08. The first-order valence-electron chi connectivity index (χ1n) is 9.08. The molecular weight excluding hydrogens is 276 g/mol. The van der Waals surface area contributed by atoms with E-state index in [1.165, 1.54) is 32.1 Å². The average Bonchev–Trinajstić information content (AvgIpc) is 2.44. The van der Waals surface area contributed by atoms with Crippen LogP contribution in [0.4, 0.5) is 4.79 Å². The van der Waals surface area contributed by atoms with Crippen molar-refractivity contribution in [2.75, 3.05) is 13.1 Å². The number of carbonyl (C=O) groups is 1. The van der Waals surface area contributed by atoms with Gasteiger partial charge in [0.1, 0.15) is 5.60 Å². The van der Waals surface area contributed by atoms with E-state index in [-0.39, 0.29) is 12.1 Å². The number of nitrogens with zero attached hydrogens (tertiary/aromatic N) is 1. The predicted molar refractivity (Wildman–Crippen MR) is 90.0 cm³/mol. The molecule has 0 aromatic heterocycles. The molecule has 2 rings (SSSR count). The van der Waals surface area contributed by atoms with Gasteiger partial charge in [0, 0.05) is 18.6 Å². The lowest BCUT2D eigenvalue weighted by Crippen LogP contribution is -2.51. The van der Waals surface area contributed by atoms with Crippen LogP contribution in [-0.2, 0) is 4.74 Å². The van der Waals surface area contributed by atoms with Crippen molar-refractivity contribution in [3.05, 3.63) is 0 Å². The van der Waals surface area contributed by atoms with E-state index < -0.39 is 5.60 Å². The van der Waals surface area contributed by atoms with Crippen LogP contribution in [0, 0.1) is 5.92 Å². The van der Waals surface area contributed by atoms with Gasteiger partial charge in [-0.15, -0.1) is 0 Å². The molecule has 1 saturated carbocycles. The molecule has 2 atom stereocenters. The van der Waals surface area contributed by atoms with Crippen LogP contribution in [0.3, 0.4) is 0 Å². The van der Waals surface area contributed by atoms with Crippen molar-refractivity contribution in [1.82, 2.24) is 10.2 Å². The number of hydrogen-bond acceptors (Lipinski definition) is 3. The molecule has 1 saturated heterocycles. The third-order valence-electron chi connectivity index (χ3n) is 4.92. The Bertz CT molecular complexity index is 359. The molecular formula is C18H34N2O2. The topological polar surface area (TPSA) is 41.6 Å². The maximum absolute atomic E-state index is 12.2. The third-order valence-corrected chi connectivity index (χ3v) is 4.92. The van der Waals surface area contributed by atoms with Gasteiger partial charge in [0.15, 0.2) is 0 Å². The van der Waals surface area contributed by atoms with Crippen LogP contribution in [0.25, 0.3) is 0 Å². The van der Waals surface area contributed by atoms with E-state index in [0.29, 0.717) is 6.04 Å². The Hall–Kier alpha value is -0.770. The molecule has 2 fully saturated rings. The smallest absolute Gasteiger partial charge is 0.410 e. The second kappa shape index (κ2) is 7.67. The van der Waals surface area contributed by atoms with Gasteiger partial charge in [-0.2, -0.15) is 0 Å². The van der Waals surface area contributed by atoms with Crippen molar-refractivity contribution < 1.29 is 9.53 Å². The van der Waals surface area contributed by atoms with Gasteiger partial charge in [-0.05, 0) is 65.8 Å². The Kier molecular flexibility index (Phi) is 6.13. The molecule has 0 spiro atoms. The molecule has 2 aliphatic rings. The fourth-order valence-corrected chi connectivity index (χ4v) is 3.67. The minimum Gasteiger partial charge on any atom is -0.444 e. The summed E-state index contributed by atoms with van der Waals surface area (Å²) in [4.78, 5) is 14.1. The summed E-state index contributed by atoms with van der Waals surface area (Å²) in [6.45, 7) is 9.87. The maximum atomic E-state index is 12.2. The van der Waals surface area contributed by atoms with Crippen LogP contribution in [0.15, 0.2) is 0 Å². The Morgan fingerprint density at radius 2 is 1.86 bits per heavy atom. The van der Waals surface area contributed by atoms with E-state index in [1.54, 1.807) is 0 Å². The molecule has 2 unspecified atom stereocenters. The lowest BCUT2D eigenvalue weighted by molar-refractivity contribution is 0.00921. The van der Waals surface area contributed by atoms with Crippen LogP contribution < -0.4 is 5.32 Å². The van der Waals surface area contributed by atoms with Crippen LogP contribution in [0.5, 0.6) is 0 Å². The summed E-state index contributed by atoms with van der Waals surface area (Å²) in [6.07, 6.45) is 8.91. The van der Waals surface area contributed by atoms with Crippen LogP contribution in [0.2, 0.25) is 0 Å². The summed E-state index contributed by atoms with van der Waals surface area (Å²) >= 11 is 0. The highest BCUT2D eigenvalue weighted by atomic mass is 16.6. The Balaban J connectivity index is 1.73. The number of rotatable bonds is 3. The lowest BCUT2D eigenvalue weighted by Gasteiger charge is -2.39. The zero-order valence-electron chi connectivity index (χ0n) is 14.9. The molecule has 128 valence electrons. The van der Waals surface area contributed by atoms with Gasteiger partial charge in [0.05, 0.1) is 0 Å². The zero-order chi connectivity index (χ0) is 16.2. The highest BCUT2D eigenvalue weighted by molar-refractivity contribution is 5.68. The highest BCUT2D eigenvalue weighted by Crippen LogP contribution is 2.24. The molecule has 1 N–H and O–H groups in total. The first-order chi connectivity index (χ1) is 10.3. The minimum atomic E-state index is -0.410. The van der Waals surface area contributed by atoms with Crippen molar-refractivity contribution in [2.45, 2.75) is 90.3 Å². The van der Waals surface area contributed by atoms with Crippen molar-refractivity contribution in [3.63, 3.8) is 0 Å². The minimum absolute atomic E-state index is 0.161. The Labute approximate surface area is 136 Å². The van der Waals surface area contributed by atoms with Gasteiger partial charge in [-0.1, -0.05) is 19.3 Å². The monoisotopic (exact) mass is 310 g/mol. The highest BCUT2D eigenvalue weighted by Gasteiger charge is 2.31. The molecule has 4 nitrogen and oxygen atoms in total. The Morgan fingerprint density at radius 3 is 2.45 bits per heavy atom. The number of piperidine rings is 1. The second-order valence-corrected chi connectivity index (χ2v) is 8.16. The standard InChI is InChI=1S/C18H34N2O2/c1-14-12-16(19-13-15-8-6-5-7-9-15)10-11-20(14)17(21)22-18(2,3)4/h14-16,19H,5-13H2,1-4H3. The largest absolute Gasteiger partial charge is 0.444 e. The zero-order valence-corrected chi connectivity index (χ0v) is 14.9. The fraction of sp³-hybridized carbons (Fsp3) is 0.944. The van der Waals surface area contributed by atoms with Gasteiger partial charge in [0.25, 0.3) is 0 Å². The fourth-order valence-electron chi connectivity index (χ4n) is 3.67. The number of likely N-dealkylation sites (tertiary alicyclic amines) is 1. The molecule has 0 bridgehead atoms. The normalized spacial score (nSPS) is 27.7. The number of carbonyl (C=O) groups excluding carboxylic acids is 1. The van der Waals surface area contributed by atoms with Crippen molar-refractivity contribution in [3.8, 4) is 0 Å². The maximum Gasteiger partial charge on any atom is 0.410 e. The first kappa shape index (κ1) is 17.6. The van der Waals surface area contributed by atoms with Crippen molar-refractivity contribution >= 4 is 6.09 Å². The summed E-state index contributed by atoms with van der Waals surface area (Å²) in [5.74, 6) is 0.868. The molecule has 0 aromatic rings. The molecule has 1 aliphatic heterocycles. The van der Waals surface area contributed by atoms with Gasteiger partial charge < -0.3 is 15.0 Å². The quantitative estimate of drug-likeness (QED) is 0.858. The molecule has 4 heteroatoms. The predicted octanol–water partition coefficient (Wildman–Crippen LogP) is 3.94. The van der Waals surface area contributed by atoms with E-state index in [0.717, 1.165) is 31.8 Å². The summed E-state index contributed by atoms with van der Waals surface area (Å²) in [5.41, 5.74) is -0.410. The van der Waals surface area contributed by atoms with Crippen LogP contribution in [0.1, 0.15) is 72.6 Å². The molecule has 1 aliphatic carbocycles. The van der Waals surface area contributed by atoms with Gasteiger partial charge in [-0.25, -0.2) is 4.79 Å². The van der Waals surface area contributed by atoms with Crippen molar-refractivity contribution in [1.29, 1.82) is 0 Å². The molecule has 22 heavy (non-hydrogen) atoms. The van der Waals surface area contributed by atoms with Gasteiger partial charge >= 0.3 is 6.09 Å². The van der Waals surface area contributed by atoms with E-state index in [2.05, 4.69) is 12.2 Å². The van der Waals surface area contributed by atoms with E-state index in [9.17, 15) is 4.79 Å². The van der Waals surface area contributed by atoms with E-state index in [1.807, 2.05) is 25.7 Å². The molecule has 1 amide bonds. The number of ether oxygens (including phenoxy) is 1. The van der Waals surface area contributed by atoms with Gasteiger partial charge in [-0.3, -0.25) is 0 Å². The summed E-state index contributed by atoms with van der Waals surface area (Å²) < 4.78 is 5.50. The number of amides is 1. The number of hydrogen-bond donors (Lipinski definition) is 1. The lowest BCUT2D eigenvalue weighted by atomic mass is 9.88.